The van der Waals surface area contributed by atoms with Gasteiger partial charge >= 0.3 is 0 Å². The number of hydrogen-bond acceptors (Lipinski definition) is 4. The summed E-state index contributed by atoms with van der Waals surface area (Å²) in [6.07, 6.45) is 3.65. The average molecular weight is 207 g/mol. The SMILES string of the molecule is Nc1cccc(N(CCO)C2CCC2)n1. The lowest BCUT2D eigenvalue weighted by Gasteiger charge is -2.38. The van der Waals surface area contributed by atoms with Crippen molar-refractivity contribution in [1.82, 2.24) is 4.98 Å². The minimum Gasteiger partial charge on any atom is -0.395 e. The second-order valence-electron chi connectivity index (χ2n) is 3.92. The topological polar surface area (TPSA) is 62.4 Å². The molecule has 2 rings (SSSR count). The van der Waals surface area contributed by atoms with Gasteiger partial charge in [0.05, 0.1) is 6.61 Å². The number of pyridine rings is 1. The van der Waals surface area contributed by atoms with E-state index in [9.17, 15) is 0 Å². The predicted molar refractivity (Wildman–Crippen MR) is 60.7 cm³/mol. The first-order chi connectivity index (χ1) is 7.31. The zero-order valence-corrected chi connectivity index (χ0v) is 8.76. The highest BCUT2D eigenvalue weighted by molar-refractivity contribution is 5.46. The second-order valence-corrected chi connectivity index (χ2v) is 3.92. The molecule has 0 atom stereocenters. The molecule has 0 unspecified atom stereocenters. The Labute approximate surface area is 89.7 Å². The van der Waals surface area contributed by atoms with Gasteiger partial charge in [-0.05, 0) is 31.4 Å². The Kier molecular flexibility index (Phi) is 3.06. The van der Waals surface area contributed by atoms with Crippen molar-refractivity contribution >= 4 is 11.6 Å². The van der Waals surface area contributed by atoms with E-state index in [4.69, 9.17) is 10.8 Å². The molecule has 1 saturated carbocycles. The van der Waals surface area contributed by atoms with E-state index in [1.54, 1.807) is 6.07 Å². The quantitative estimate of drug-likeness (QED) is 0.773. The van der Waals surface area contributed by atoms with Gasteiger partial charge < -0.3 is 15.7 Å². The molecule has 1 aliphatic carbocycles. The number of aliphatic hydroxyl groups is 1. The second kappa shape index (κ2) is 4.49. The molecule has 0 saturated heterocycles. The zero-order chi connectivity index (χ0) is 10.7. The molecule has 15 heavy (non-hydrogen) atoms. The first-order valence-corrected chi connectivity index (χ1v) is 5.41. The molecule has 3 N–H and O–H groups in total. The standard InChI is InChI=1S/C11H17N3O/c12-10-5-2-6-11(13-10)14(7-8-15)9-3-1-4-9/h2,5-6,9,15H,1,3-4,7-8H2,(H2,12,13). The maximum absolute atomic E-state index is 9.04. The third-order valence-corrected chi connectivity index (χ3v) is 2.91. The normalized spacial score (nSPS) is 16.1. The lowest BCUT2D eigenvalue weighted by Crippen LogP contribution is -2.42. The highest BCUT2D eigenvalue weighted by Crippen LogP contribution is 2.28. The number of hydrogen-bond donors (Lipinski definition) is 2. The van der Waals surface area contributed by atoms with E-state index in [0.29, 0.717) is 18.4 Å². The lowest BCUT2D eigenvalue weighted by molar-refractivity contribution is 0.283. The van der Waals surface area contributed by atoms with E-state index < -0.39 is 0 Å². The molecule has 0 aliphatic heterocycles. The number of rotatable bonds is 4. The van der Waals surface area contributed by atoms with E-state index >= 15 is 0 Å². The maximum Gasteiger partial charge on any atom is 0.131 e. The summed E-state index contributed by atoms with van der Waals surface area (Å²) in [6, 6.07) is 6.17. The number of aliphatic hydroxyl groups excluding tert-OH is 1. The summed E-state index contributed by atoms with van der Waals surface area (Å²) in [7, 11) is 0. The van der Waals surface area contributed by atoms with Gasteiger partial charge in [-0.1, -0.05) is 6.07 Å². The van der Waals surface area contributed by atoms with E-state index in [-0.39, 0.29) is 6.61 Å². The molecule has 0 amide bonds. The molecule has 1 aliphatic rings. The summed E-state index contributed by atoms with van der Waals surface area (Å²) in [5.74, 6) is 1.42. The first kappa shape index (κ1) is 10.2. The number of nitrogens with two attached hydrogens (primary N) is 1. The Morgan fingerprint density at radius 2 is 2.27 bits per heavy atom. The summed E-state index contributed by atoms with van der Waals surface area (Å²) in [5, 5.41) is 9.04. The summed E-state index contributed by atoms with van der Waals surface area (Å²) in [4.78, 5) is 6.44. The molecule has 0 radical (unpaired) electrons. The van der Waals surface area contributed by atoms with Gasteiger partial charge in [0.25, 0.3) is 0 Å². The molecule has 0 spiro atoms. The molecular weight excluding hydrogens is 190 g/mol. The smallest absolute Gasteiger partial charge is 0.131 e. The monoisotopic (exact) mass is 207 g/mol. The van der Waals surface area contributed by atoms with Crippen molar-refractivity contribution in [3.63, 3.8) is 0 Å². The van der Waals surface area contributed by atoms with Crippen molar-refractivity contribution in [2.24, 2.45) is 0 Å². The number of aromatic nitrogens is 1. The van der Waals surface area contributed by atoms with Crippen molar-refractivity contribution < 1.29 is 5.11 Å². The highest BCUT2D eigenvalue weighted by atomic mass is 16.3. The van der Waals surface area contributed by atoms with Gasteiger partial charge in [-0.3, -0.25) is 0 Å². The van der Waals surface area contributed by atoms with E-state index in [0.717, 1.165) is 5.82 Å². The molecule has 0 aromatic carbocycles. The van der Waals surface area contributed by atoms with Crippen LogP contribution in [0.5, 0.6) is 0 Å². The van der Waals surface area contributed by atoms with Crippen LogP contribution in [0.4, 0.5) is 11.6 Å². The lowest BCUT2D eigenvalue weighted by atomic mass is 9.91. The third-order valence-electron chi connectivity index (χ3n) is 2.91. The van der Waals surface area contributed by atoms with Crippen LogP contribution in [0.1, 0.15) is 19.3 Å². The van der Waals surface area contributed by atoms with Gasteiger partial charge in [0.15, 0.2) is 0 Å². The van der Waals surface area contributed by atoms with Crippen molar-refractivity contribution in [2.45, 2.75) is 25.3 Å². The summed E-state index contributed by atoms with van der Waals surface area (Å²) in [6.45, 7) is 0.800. The summed E-state index contributed by atoms with van der Waals surface area (Å²) >= 11 is 0. The Morgan fingerprint density at radius 3 is 2.80 bits per heavy atom. The minimum absolute atomic E-state index is 0.160. The van der Waals surface area contributed by atoms with Crippen LogP contribution >= 0.6 is 0 Å². The van der Waals surface area contributed by atoms with E-state index in [2.05, 4.69) is 9.88 Å². The summed E-state index contributed by atoms with van der Waals surface area (Å²) in [5.41, 5.74) is 5.65. The number of anilines is 2. The largest absolute Gasteiger partial charge is 0.395 e. The van der Waals surface area contributed by atoms with Crippen LogP contribution in [0, 0.1) is 0 Å². The van der Waals surface area contributed by atoms with Gasteiger partial charge in [-0.25, -0.2) is 4.98 Å². The fourth-order valence-electron chi connectivity index (χ4n) is 1.89. The molecule has 4 heteroatoms. The molecule has 0 bridgehead atoms. The van der Waals surface area contributed by atoms with Crippen molar-refractivity contribution in [2.75, 3.05) is 23.8 Å². The predicted octanol–water partition coefficient (Wildman–Crippen LogP) is 1.02. The number of nitrogens with zero attached hydrogens (tertiary/aromatic N) is 2. The van der Waals surface area contributed by atoms with Gasteiger partial charge in [-0.2, -0.15) is 0 Å². The molecule has 1 aromatic rings. The average Bonchev–Trinajstić information content (AvgIpc) is 2.14. The van der Waals surface area contributed by atoms with Gasteiger partial charge in [0.2, 0.25) is 0 Å². The van der Waals surface area contributed by atoms with Crippen molar-refractivity contribution in [3.05, 3.63) is 18.2 Å². The molecule has 1 heterocycles. The molecule has 1 aromatic heterocycles. The molecule has 82 valence electrons. The van der Waals surface area contributed by atoms with E-state index in [1.165, 1.54) is 19.3 Å². The minimum atomic E-state index is 0.160. The van der Waals surface area contributed by atoms with Crippen LogP contribution < -0.4 is 10.6 Å². The van der Waals surface area contributed by atoms with Crippen LogP contribution in [-0.4, -0.2) is 29.3 Å². The first-order valence-electron chi connectivity index (χ1n) is 5.41. The van der Waals surface area contributed by atoms with Gasteiger partial charge in [-0.15, -0.1) is 0 Å². The van der Waals surface area contributed by atoms with Crippen LogP contribution in [0.2, 0.25) is 0 Å². The Bertz CT molecular complexity index is 325. The molecular formula is C11H17N3O. The molecule has 1 fully saturated rings. The fourth-order valence-corrected chi connectivity index (χ4v) is 1.89. The Morgan fingerprint density at radius 1 is 1.47 bits per heavy atom. The number of nitrogen functional groups attached to an aromatic ring is 1. The summed E-state index contributed by atoms with van der Waals surface area (Å²) < 4.78 is 0. The van der Waals surface area contributed by atoms with Crippen molar-refractivity contribution in [3.8, 4) is 0 Å². The Hall–Kier alpha value is -1.29. The van der Waals surface area contributed by atoms with Crippen molar-refractivity contribution in [1.29, 1.82) is 0 Å². The highest BCUT2D eigenvalue weighted by Gasteiger charge is 2.25. The third kappa shape index (κ3) is 2.21. The van der Waals surface area contributed by atoms with Gasteiger partial charge in [0.1, 0.15) is 11.6 Å². The maximum atomic E-state index is 9.04. The van der Waals surface area contributed by atoms with Crippen LogP contribution in [0.3, 0.4) is 0 Å². The van der Waals surface area contributed by atoms with Crippen LogP contribution in [0.25, 0.3) is 0 Å². The van der Waals surface area contributed by atoms with Crippen LogP contribution in [-0.2, 0) is 0 Å². The fraction of sp³-hybridized carbons (Fsp3) is 0.545. The molecule has 4 nitrogen and oxygen atoms in total. The van der Waals surface area contributed by atoms with Gasteiger partial charge in [0, 0.05) is 12.6 Å². The zero-order valence-electron chi connectivity index (χ0n) is 8.76. The van der Waals surface area contributed by atoms with Crippen LogP contribution in [0.15, 0.2) is 18.2 Å². The Balaban J connectivity index is 2.15. The van der Waals surface area contributed by atoms with E-state index in [1.807, 2.05) is 12.1 Å².